The maximum Gasteiger partial charge on any atom is 0.138 e. The molecule has 0 radical (unpaired) electrons. The van der Waals surface area contributed by atoms with Crippen LogP contribution < -0.4 is 4.74 Å². The Kier molecular flexibility index (Phi) is 3.07. The first-order valence-corrected chi connectivity index (χ1v) is 7.67. The van der Waals surface area contributed by atoms with Crippen LogP contribution in [0.15, 0.2) is 15.0 Å². The number of ether oxygens (including phenoxy) is 1. The fourth-order valence-electron chi connectivity index (χ4n) is 2.87. The third-order valence-electron chi connectivity index (χ3n) is 3.55. The lowest BCUT2D eigenvalue weighted by Gasteiger charge is -2.12. The van der Waals surface area contributed by atoms with Crippen LogP contribution in [-0.2, 0) is 12.8 Å². The quantitative estimate of drug-likeness (QED) is 0.695. The minimum atomic E-state index is 0.816. The van der Waals surface area contributed by atoms with E-state index >= 15 is 0 Å². The predicted octanol–water partition coefficient (Wildman–Crippen LogP) is 4.89. The van der Waals surface area contributed by atoms with E-state index in [0.717, 1.165) is 36.1 Å². The lowest BCUT2D eigenvalue weighted by Crippen LogP contribution is -1.92. The van der Waals surface area contributed by atoms with Crippen LogP contribution >= 0.6 is 31.9 Å². The first kappa shape index (κ1) is 11.8. The smallest absolute Gasteiger partial charge is 0.138 e. The lowest BCUT2D eigenvalue weighted by atomic mass is 9.98. The second kappa shape index (κ2) is 4.43. The Morgan fingerprint density at radius 3 is 2.71 bits per heavy atom. The summed E-state index contributed by atoms with van der Waals surface area (Å²) in [6.07, 6.45) is 6.84. The van der Waals surface area contributed by atoms with Crippen LogP contribution in [-0.4, -0.2) is 6.61 Å². The summed E-state index contributed by atoms with van der Waals surface area (Å²) in [5.74, 6) is 1.06. The lowest BCUT2D eigenvalue weighted by molar-refractivity contribution is 0.354. The van der Waals surface area contributed by atoms with Gasteiger partial charge in [-0.3, -0.25) is 0 Å². The zero-order chi connectivity index (χ0) is 12.0. The summed E-state index contributed by atoms with van der Waals surface area (Å²) in [5.41, 5.74) is 5.85. The van der Waals surface area contributed by atoms with Gasteiger partial charge in [0.25, 0.3) is 0 Å². The van der Waals surface area contributed by atoms with Gasteiger partial charge in [0.2, 0.25) is 0 Å². The normalized spacial score (nSPS) is 19.4. The largest absolute Gasteiger partial charge is 0.492 e. The Hall–Kier alpha value is -0.280. The number of halogens is 2. The number of fused-ring (bicyclic) bond motifs is 3. The maximum absolute atomic E-state index is 5.76. The van der Waals surface area contributed by atoms with Gasteiger partial charge in [-0.2, -0.15) is 0 Å². The summed E-state index contributed by atoms with van der Waals surface area (Å²) >= 11 is 7.36. The summed E-state index contributed by atoms with van der Waals surface area (Å²) in [4.78, 5) is 0. The van der Waals surface area contributed by atoms with Gasteiger partial charge < -0.3 is 4.74 Å². The average Bonchev–Trinajstić information content (AvgIpc) is 2.92. The first-order chi connectivity index (χ1) is 8.24. The van der Waals surface area contributed by atoms with Crippen molar-refractivity contribution >= 4 is 37.4 Å². The van der Waals surface area contributed by atoms with Gasteiger partial charge in [0.05, 0.1) is 11.1 Å². The van der Waals surface area contributed by atoms with Crippen molar-refractivity contribution in [3.8, 4) is 5.75 Å². The monoisotopic (exact) mass is 356 g/mol. The van der Waals surface area contributed by atoms with Crippen LogP contribution in [0.5, 0.6) is 5.75 Å². The summed E-state index contributed by atoms with van der Waals surface area (Å²) in [6.45, 7) is 3.02. The van der Waals surface area contributed by atoms with E-state index < -0.39 is 0 Å². The Labute approximate surface area is 118 Å². The molecule has 0 bridgehead atoms. The van der Waals surface area contributed by atoms with E-state index in [2.05, 4.69) is 44.9 Å². The highest BCUT2D eigenvalue weighted by atomic mass is 79.9. The summed E-state index contributed by atoms with van der Waals surface area (Å²) in [6, 6.07) is 0. The standard InChI is InChI=1S/C14H14Br2O/c1-2-3-8-4-5-9-11(8)10-6-7-17-14(10)13(16)12(9)15/h3H,2,4-7H2,1H3. The molecule has 1 nitrogen and oxygen atoms in total. The fourth-order valence-corrected chi connectivity index (χ4v) is 4.04. The minimum absolute atomic E-state index is 0.816. The van der Waals surface area contributed by atoms with E-state index in [4.69, 9.17) is 4.74 Å². The molecule has 3 rings (SSSR count). The molecule has 1 aliphatic carbocycles. The molecule has 0 fully saturated rings. The van der Waals surface area contributed by atoms with E-state index in [-0.39, 0.29) is 0 Å². The van der Waals surface area contributed by atoms with E-state index in [0.29, 0.717) is 0 Å². The predicted molar refractivity (Wildman–Crippen MR) is 77.6 cm³/mol. The zero-order valence-corrected chi connectivity index (χ0v) is 12.9. The molecule has 0 spiro atoms. The Morgan fingerprint density at radius 1 is 1.12 bits per heavy atom. The Bertz CT molecular complexity index is 518. The Balaban J connectivity index is 2.29. The van der Waals surface area contributed by atoms with Crippen LogP contribution in [0.3, 0.4) is 0 Å². The van der Waals surface area contributed by atoms with Gasteiger partial charge in [-0.05, 0) is 67.8 Å². The van der Waals surface area contributed by atoms with Gasteiger partial charge in [0, 0.05) is 16.5 Å². The molecular formula is C14H14Br2O. The second-order valence-corrected chi connectivity index (χ2v) is 6.11. The van der Waals surface area contributed by atoms with Gasteiger partial charge in [-0.1, -0.05) is 13.0 Å². The van der Waals surface area contributed by atoms with Gasteiger partial charge >= 0.3 is 0 Å². The average molecular weight is 358 g/mol. The maximum atomic E-state index is 5.76. The van der Waals surface area contributed by atoms with Crippen molar-refractivity contribution in [2.45, 2.75) is 32.6 Å². The van der Waals surface area contributed by atoms with Crippen LogP contribution in [0.25, 0.3) is 5.57 Å². The van der Waals surface area contributed by atoms with Crippen molar-refractivity contribution in [2.75, 3.05) is 6.61 Å². The van der Waals surface area contributed by atoms with Crippen LogP contribution in [0, 0.1) is 0 Å². The number of hydrogen-bond donors (Lipinski definition) is 0. The van der Waals surface area contributed by atoms with E-state index in [1.807, 2.05) is 0 Å². The molecule has 17 heavy (non-hydrogen) atoms. The van der Waals surface area contributed by atoms with Crippen molar-refractivity contribution in [1.82, 2.24) is 0 Å². The molecule has 0 N–H and O–H groups in total. The number of rotatable bonds is 1. The van der Waals surface area contributed by atoms with Gasteiger partial charge in [0.15, 0.2) is 0 Å². The van der Waals surface area contributed by atoms with Crippen LogP contribution in [0.4, 0.5) is 0 Å². The molecule has 0 amide bonds. The number of allylic oxidation sites excluding steroid dienone is 2. The summed E-state index contributed by atoms with van der Waals surface area (Å²) in [5, 5.41) is 0. The van der Waals surface area contributed by atoms with Crippen LogP contribution in [0.2, 0.25) is 0 Å². The highest BCUT2D eigenvalue weighted by molar-refractivity contribution is 9.13. The molecule has 0 atom stereocenters. The molecule has 1 aromatic rings. The van der Waals surface area contributed by atoms with E-state index in [1.54, 1.807) is 0 Å². The van der Waals surface area contributed by atoms with Gasteiger partial charge in [0.1, 0.15) is 5.75 Å². The highest BCUT2D eigenvalue weighted by Crippen LogP contribution is 2.49. The first-order valence-electron chi connectivity index (χ1n) is 6.09. The molecule has 2 aliphatic rings. The Morgan fingerprint density at radius 2 is 1.94 bits per heavy atom. The topological polar surface area (TPSA) is 9.23 Å². The fraction of sp³-hybridized carbons (Fsp3) is 0.429. The van der Waals surface area contributed by atoms with E-state index in [1.165, 1.54) is 33.2 Å². The van der Waals surface area contributed by atoms with Gasteiger partial charge in [-0.25, -0.2) is 0 Å². The molecule has 1 heterocycles. The molecule has 90 valence electrons. The minimum Gasteiger partial charge on any atom is -0.492 e. The van der Waals surface area contributed by atoms with Crippen molar-refractivity contribution < 1.29 is 4.74 Å². The van der Waals surface area contributed by atoms with Crippen LogP contribution in [0.1, 0.15) is 36.5 Å². The van der Waals surface area contributed by atoms with Crippen molar-refractivity contribution in [1.29, 1.82) is 0 Å². The SMILES string of the molecule is CCC=C1CCc2c(Br)c(Br)c3c(c21)CCO3. The third kappa shape index (κ3) is 1.70. The molecule has 1 aromatic carbocycles. The molecule has 0 saturated carbocycles. The van der Waals surface area contributed by atoms with Crippen molar-refractivity contribution in [2.24, 2.45) is 0 Å². The van der Waals surface area contributed by atoms with Crippen molar-refractivity contribution in [3.05, 3.63) is 31.7 Å². The molecule has 1 aliphatic heterocycles. The molecular weight excluding hydrogens is 344 g/mol. The molecule has 0 unspecified atom stereocenters. The molecule has 3 heteroatoms. The van der Waals surface area contributed by atoms with Crippen molar-refractivity contribution in [3.63, 3.8) is 0 Å². The third-order valence-corrected chi connectivity index (χ3v) is 5.71. The molecule has 0 saturated heterocycles. The number of hydrogen-bond acceptors (Lipinski definition) is 1. The highest BCUT2D eigenvalue weighted by Gasteiger charge is 2.30. The second-order valence-electron chi connectivity index (χ2n) is 4.53. The van der Waals surface area contributed by atoms with Gasteiger partial charge in [-0.15, -0.1) is 0 Å². The van der Waals surface area contributed by atoms with E-state index in [9.17, 15) is 0 Å². The summed E-state index contributed by atoms with van der Waals surface area (Å²) in [7, 11) is 0. The summed E-state index contributed by atoms with van der Waals surface area (Å²) < 4.78 is 8.04. The molecule has 0 aromatic heterocycles. The number of benzene rings is 1. The zero-order valence-electron chi connectivity index (χ0n) is 9.78.